The third kappa shape index (κ3) is 4.74. The summed E-state index contributed by atoms with van der Waals surface area (Å²) in [4.78, 5) is 11.5. The fraction of sp³-hybridized carbons (Fsp3) is 0.353. The Morgan fingerprint density at radius 3 is 2.62 bits per heavy atom. The highest BCUT2D eigenvalue weighted by Crippen LogP contribution is 2.17. The minimum Gasteiger partial charge on any atom is -0.469 e. The standard InChI is InChI=1S/C17H19BrO3/c1-12(2)16(18)17(19)21-11-14-9-15(20-10-14)8-13-6-4-3-5-7-13/h3-7,9-10,12,16H,8,11H2,1-2H3. The van der Waals surface area contributed by atoms with Crippen molar-refractivity contribution in [2.24, 2.45) is 5.92 Å². The van der Waals surface area contributed by atoms with Crippen molar-refractivity contribution < 1.29 is 13.9 Å². The molecule has 0 saturated heterocycles. The van der Waals surface area contributed by atoms with Crippen molar-refractivity contribution in [2.75, 3.05) is 0 Å². The Hall–Kier alpha value is -1.55. The van der Waals surface area contributed by atoms with Gasteiger partial charge in [0.1, 0.15) is 17.2 Å². The van der Waals surface area contributed by atoms with E-state index in [4.69, 9.17) is 9.15 Å². The molecule has 0 spiro atoms. The van der Waals surface area contributed by atoms with Gasteiger partial charge < -0.3 is 9.15 Å². The van der Waals surface area contributed by atoms with Crippen LogP contribution in [0.3, 0.4) is 0 Å². The number of benzene rings is 1. The lowest BCUT2D eigenvalue weighted by Gasteiger charge is -2.12. The normalized spacial score (nSPS) is 12.4. The van der Waals surface area contributed by atoms with Crippen LogP contribution in [0.1, 0.15) is 30.7 Å². The lowest BCUT2D eigenvalue weighted by Crippen LogP contribution is -2.22. The van der Waals surface area contributed by atoms with Gasteiger partial charge in [0.15, 0.2) is 0 Å². The zero-order chi connectivity index (χ0) is 15.2. The maximum Gasteiger partial charge on any atom is 0.320 e. The molecule has 1 atom stereocenters. The molecule has 2 rings (SSSR count). The molecule has 0 aliphatic rings. The molecule has 0 saturated carbocycles. The highest BCUT2D eigenvalue weighted by molar-refractivity contribution is 9.10. The molecular weight excluding hydrogens is 332 g/mol. The van der Waals surface area contributed by atoms with Crippen LogP contribution in [0.4, 0.5) is 0 Å². The van der Waals surface area contributed by atoms with Gasteiger partial charge in [0.25, 0.3) is 0 Å². The second kappa shape index (κ2) is 7.46. The molecule has 0 aliphatic carbocycles. The smallest absolute Gasteiger partial charge is 0.320 e. The summed E-state index contributed by atoms with van der Waals surface area (Å²) in [5, 5.41) is 0. The van der Waals surface area contributed by atoms with Gasteiger partial charge in [-0.3, -0.25) is 4.79 Å². The molecular formula is C17H19BrO3. The van der Waals surface area contributed by atoms with Gasteiger partial charge in [-0.25, -0.2) is 0 Å². The van der Waals surface area contributed by atoms with Crippen molar-refractivity contribution in [1.82, 2.24) is 0 Å². The van der Waals surface area contributed by atoms with Gasteiger partial charge in [0, 0.05) is 12.0 Å². The first-order valence-electron chi connectivity index (χ1n) is 6.97. The van der Waals surface area contributed by atoms with E-state index >= 15 is 0 Å². The maximum atomic E-state index is 11.8. The third-order valence-corrected chi connectivity index (χ3v) is 4.55. The van der Waals surface area contributed by atoms with Gasteiger partial charge in [-0.15, -0.1) is 0 Å². The van der Waals surface area contributed by atoms with Crippen LogP contribution in [0, 0.1) is 5.92 Å². The number of hydrogen-bond donors (Lipinski definition) is 0. The SMILES string of the molecule is CC(C)C(Br)C(=O)OCc1coc(Cc2ccccc2)c1. The summed E-state index contributed by atoms with van der Waals surface area (Å²) < 4.78 is 10.8. The Kier molecular flexibility index (Phi) is 5.62. The van der Waals surface area contributed by atoms with Crippen molar-refractivity contribution in [3.05, 3.63) is 59.5 Å². The molecule has 1 heterocycles. The summed E-state index contributed by atoms with van der Waals surface area (Å²) in [6.07, 6.45) is 2.38. The van der Waals surface area contributed by atoms with E-state index in [0.717, 1.165) is 17.7 Å². The molecule has 4 heteroatoms. The zero-order valence-electron chi connectivity index (χ0n) is 12.2. The van der Waals surface area contributed by atoms with E-state index in [1.165, 1.54) is 5.56 Å². The summed E-state index contributed by atoms with van der Waals surface area (Å²) in [6, 6.07) is 12.0. The van der Waals surface area contributed by atoms with E-state index in [2.05, 4.69) is 28.1 Å². The molecule has 0 amide bonds. The van der Waals surface area contributed by atoms with Gasteiger partial charge in [-0.1, -0.05) is 60.1 Å². The summed E-state index contributed by atoms with van der Waals surface area (Å²) in [5.74, 6) is 0.831. The lowest BCUT2D eigenvalue weighted by molar-refractivity contribution is -0.144. The summed E-state index contributed by atoms with van der Waals surface area (Å²) >= 11 is 3.33. The molecule has 112 valence electrons. The molecule has 2 aromatic rings. The molecule has 0 aliphatic heterocycles. The first-order valence-corrected chi connectivity index (χ1v) is 7.88. The number of carbonyl (C=O) groups excluding carboxylic acids is 1. The van der Waals surface area contributed by atoms with Crippen molar-refractivity contribution in [1.29, 1.82) is 0 Å². The average molecular weight is 351 g/mol. The first-order chi connectivity index (χ1) is 10.1. The second-order valence-corrected chi connectivity index (χ2v) is 6.32. The number of hydrogen-bond acceptors (Lipinski definition) is 3. The fourth-order valence-electron chi connectivity index (χ4n) is 1.90. The molecule has 0 fully saturated rings. The third-order valence-electron chi connectivity index (χ3n) is 3.12. The number of alkyl halides is 1. The predicted octanol–water partition coefficient (Wildman–Crippen LogP) is 4.33. The zero-order valence-corrected chi connectivity index (χ0v) is 13.8. The van der Waals surface area contributed by atoms with Crippen LogP contribution in [0.2, 0.25) is 0 Å². The summed E-state index contributed by atoms with van der Waals surface area (Å²) in [5.41, 5.74) is 2.06. The Bertz CT molecular complexity index is 575. The van der Waals surface area contributed by atoms with Crippen LogP contribution in [0.5, 0.6) is 0 Å². The molecule has 3 nitrogen and oxygen atoms in total. The average Bonchev–Trinajstić information content (AvgIpc) is 2.92. The van der Waals surface area contributed by atoms with Crippen molar-refractivity contribution in [3.63, 3.8) is 0 Å². The van der Waals surface area contributed by atoms with Gasteiger partial charge in [0.2, 0.25) is 0 Å². The van der Waals surface area contributed by atoms with Crippen LogP contribution >= 0.6 is 15.9 Å². The van der Waals surface area contributed by atoms with Crippen LogP contribution in [-0.2, 0) is 22.6 Å². The Morgan fingerprint density at radius 1 is 1.24 bits per heavy atom. The molecule has 0 bridgehead atoms. The topological polar surface area (TPSA) is 39.4 Å². The van der Waals surface area contributed by atoms with Gasteiger partial charge in [0.05, 0.1) is 6.26 Å². The molecule has 1 aromatic carbocycles. The molecule has 0 radical (unpaired) electrons. The highest BCUT2D eigenvalue weighted by atomic mass is 79.9. The molecule has 21 heavy (non-hydrogen) atoms. The van der Waals surface area contributed by atoms with Crippen LogP contribution < -0.4 is 0 Å². The Balaban J connectivity index is 1.87. The summed E-state index contributed by atoms with van der Waals surface area (Å²) in [6.45, 7) is 4.18. The van der Waals surface area contributed by atoms with Crippen molar-refractivity contribution >= 4 is 21.9 Å². The molecule has 0 N–H and O–H groups in total. The summed E-state index contributed by atoms with van der Waals surface area (Å²) in [7, 11) is 0. The van der Waals surface area contributed by atoms with Crippen molar-refractivity contribution in [2.45, 2.75) is 31.7 Å². The van der Waals surface area contributed by atoms with E-state index in [0.29, 0.717) is 0 Å². The van der Waals surface area contributed by atoms with E-state index in [9.17, 15) is 4.79 Å². The first kappa shape index (κ1) is 15.8. The largest absolute Gasteiger partial charge is 0.469 e. The lowest BCUT2D eigenvalue weighted by atomic mass is 10.1. The van der Waals surface area contributed by atoms with Crippen molar-refractivity contribution in [3.8, 4) is 0 Å². The number of furan rings is 1. The van der Waals surface area contributed by atoms with Gasteiger partial charge in [-0.05, 0) is 17.5 Å². The predicted molar refractivity (Wildman–Crippen MR) is 85.3 cm³/mol. The van der Waals surface area contributed by atoms with Crippen LogP contribution in [-0.4, -0.2) is 10.8 Å². The minimum atomic E-state index is -0.270. The minimum absolute atomic E-state index is 0.204. The van der Waals surface area contributed by atoms with E-state index in [1.807, 2.05) is 38.1 Å². The van der Waals surface area contributed by atoms with Crippen LogP contribution in [0.15, 0.2) is 47.1 Å². The van der Waals surface area contributed by atoms with Crippen LogP contribution in [0.25, 0.3) is 0 Å². The van der Waals surface area contributed by atoms with E-state index < -0.39 is 0 Å². The number of esters is 1. The quantitative estimate of drug-likeness (QED) is 0.574. The van der Waals surface area contributed by atoms with E-state index in [-0.39, 0.29) is 23.3 Å². The highest BCUT2D eigenvalue weighted by Gasteiger charge is 2.20. The van der Waals surface area contributed by atoms with Gasteiger partial charge >= 0.3 is 5.97 Å². The maximum absolute atomic E-state index is 11.8. The number of ether oxygens (including phenoxy) is 1. The molecule has 1 aromatic heterocycles. The molecule has 1 unspecified atom stereocenters. The Labute approximate surface area is 133 Å². The second-order valence-electron chi connectivity index (χ2n) is 5.34. The Morgan fingerprint density at radius 2 is 1.95 bits per heavy atom. The van der Waals surface area contributed by atoms with Gasteiger partial charge in [-0.2, -0.15) is 0 Å². The number of rotatable bonds is 6. The number of halogens is 1. The fourth-order valence-corrected chi connectivity index (χ4v) is 2.03. The monoisotopic (exact) mass is 350 g/mol. The number of carbonyl (C=O) groups is 1. The van der Waals surface area contributed by atoms with E-state index in [1.54, 1.807) is 6.26 Å².